The first kappa shape index (κ1) is 27.2. The molecule has 0 fully saturated rings. The van der Waals surface area contributed by atoms with Crippen molar-refractivity contribution in [2.75, 3.05) is 23.3 Å². The normalized spacial score (nSPS) is 11.9. The number of hydrogen-bond acceptors (Lipinski definition) is 7. The fourth-order valence-electron chi connectivity index (χ4n) is 4.76. The van der Waals surface area contributed by atoms with Crippen molar-refractivity contribution in [2.45, 2.75) is 47.1 Å². The Morgan fingerprint density at radius 1 is 1.21 bits per heavy atom. The number of phenolic OH excluding ortho intramolecular Hbond substituents is 1. The van der Waals surface area contributed by atoms with Crippen LogP contribution in [0, 0.1) is 13.8 Å². The molecule has 1 unspecified atom stereocenters. The highest BCUT2D eigenvalue weighted by atomic mass is 35.5. The van der Waals surface area contributed by atoms with Gasteiger partial charge in [-0.3, -0.25) is 14.6 Å². The predicted octanol–water partition coefficient (Wildman–Crippen LogP) is 7.05. The van der Waals surface area contributed by atoms with Crippen molar-refractivity contribution in [1.82, 2.24) is 4.98 Å². The van der Waals surface area contributed by atoms with Gasteiger partial charge in [0, 0.05) is 30.4 Å². The van der Waals surface area contributed by atoms with Crippen LogP contribution in [0.2, 0.25) is 5.02 Å². The average Bonchev–Trinajstić information content (AvgIpc) is 2.91. The van der Waals surface area contributed by atoms with E-state index >= 15 is 0 Å². The lowest BCUT2D eigenvalue weighted by atomic mass is 9.99. The molecule has 38 heavy (non-hydrogen) atoms. The summed E-state index contributed by atoms with van der Waals surface area (Å²) in [6, 6.07) is 10.4. The van der Waals surface area contributed by atoms with Crippen LogP contribution in [0.1, 0.15) is 60.3 Å². The Labute approximate surface area is 227 Å². The van der Waals surface area contributed by atoms with Gasteiger partial charge in [-0.1, -0.05) is 24.6 Å². The van der Waals surface area contributed by atoms with E-state index in [1.807, 2.05) is 39.0 Å². The lowest BCUT2D eigenvalue weighted by Crippen LogP contribution is -2.26. The Kier molecular flexibility index (Phi) is 8.07. The van der Waals surface area contributed by atoms with Crippen LogP contribution in [-0.2, 0) is 0 Å². The number of nitrogens with one attached hydrogen (secondary N) is 1. The van der Waals surface area contributed by atoms with Crippen molar-refractivity contribution in [3.63, 3.8) is 0 Å². The second-order valence-corrected chi connectivity index (χ2v) is 9.86. The molecule has 1 atom stereocenters. The van der Waals surface area contributed by atoms with Crippen molar-refractivity contribution >= 4 is 40.4 Å². The topological polar surface area (TPSA) is 95.7 Å². The highest BCUT2D eigenvalue weighted by Gasteiger charge is 2.21. The minimum absolute atomic E-state index is 0.0323. The third-order valence-corrected chi connectivity index (χ3v) is 6.96. The van der Waals surface area contributed by atoms with Gasteiger partial charge in [0.25, 0.3) is 0 Å². The number of nitrogens with zero attached hydrogens (tertiary/aromatic N) is 2. The number of hydrogen-bond donors (Lipinski definition) is 2. The summed E-state index contributed by atoms with van der Waals surface area (Å²) in [6.45, 7) is 11.4. The summed E-state index contributed by atoms with van der Waals surface area (Å²) in [6.07, 6.45) is 3.14. The molecule has 4 rings (SSSR count). The zero-order valence-corrected chi connectivity index (χ0v) is 23.0. The van der Waals surface area contributed by atoms with Crippen LogP contribution >= 0.6 is 11.6 Å². The van der Waals surface area contributed by atoms with Gasteiger partial charge in [0.1, 0.15) is 11.3 Å². The van der Waals surface area contributed by atoms with E-state index in [9.17, 15) is 14.7 Å². The number of anilines is 2. The van der Waals surface area contributed by atoms with E-state index in [1.165, 1.54) is 0 Å². The first-order valence-electron chi connectivity index (χ1n) is 12.7. The second kappa shape index (κ2) is 11.3. The number of fused-ring (bicyclic) bond motifs is 1. The Bertz CT molecular complexity index is 1560. The molecule has 0 aliphatic carbocycles. The number of phenols is 1. The number of halogens is 1. The maximum Gasteiger partial charge on any atom is 0.202 e. The molecule has 0 saturated carbocycles. The van der Waals surface area contributed by atoms with E-state index < -0.39 is 0 Å². The Hall–Kier alpha value is -3.84. The van der Waals surface area contributed by atoms with Crippen LogP contribution in [-0.4, -0.2) is 29.5 Å². The highest BCUT2D eigenvalue weighted by Crippen LogP contribution is 2.37. The molecule has 0 saturated heterocycles. The van der Waals surface area contributed by atoms with Crippen molar-refractivity contribution in [3.05, 3.63) is 80.1 Å². The van der Waals surface area contributed by atoms with Crippen LogP contribution in [0.15, 0.2) is 51.8 Å². The second-order valence-electron chi connectivity index (χ2n) is 9.45. The van der Waals surface area contributed by atoms with E-state index in [0.717, 1.165) is 30.6 Å². The molecule has 0 radical (unpaired) electrons. The number of carbonyl (C=O) groups is 1. The molecule has 0 aliphatic rings. The van der Waals surface area contributed by atoms with Gasteiger partial charge in [-0.05, 0) is 70.0 Å². The van der Waals surface area contributed by atoms with Gasteiger partial charge in [-0.2, -0.15) is 0 Å². The monoisotopic (exact) mass is 533 g/mol. The number of carbonyl (C=O) groups excluding carboxylic acids is 1. The first-order chi connectivity index (χ1) is 18.2. The molecule has 4 aromatic rings. The zero-order chi connectivity index (χ0) is 27.6. The van der Waals surface area contributed by atoms with Gasteiger partial charge < -0.3 is 19.7 Å². The summed E-state index contributed by atoms with van der Waals surface area (Å²) < 4.78 is 6.48. The number of rotatable bonds is 9. The maximum atomic E-state index is 13.4. The molecule has 0 bridgehead atoms. The van der Waals surface area contributed by atoms with E-state index in [0.29, 0.717) is 45.6 Å². The Morgan fingerprint density at radius 3 is 2.66 bits per heavy atom. The maximum absolute atomic E-state index is 13.4. The molecule has 0 amide bonds. The summed E-state index contributed by atoms with van der Waals surface area (Å²) in [5.74, 6) is 0.340. The molecule has 2 aromatic carbocycles. The SMILES string of the molecule is CCCN(CC)c1oc2c(C(C)Nc3cccnc3-c3cc(Cl)c(O)c(C=O)c3)cc(C)cc2c(=O)c1C. The summed E-state index contributed by atoms with van der Waals surface area (Å²) >= 11 is 6.18. The van der Waals surface area contributed by atoms with Crippen LogP contribution in [0.25, 0.3) is 22.2 Å². The average molecular weight is 534 g/mol. The number of aldehydes is 1. The molecule has 0 aliphatic heterocycles. The Morgan fingerprint density at radius 2 is 1.97 bits per heavy atom. The largest absolute Gasteiger partial charge is 0.506 e. The standard InChI is InChI=1S/C30H32ClN3O4/c1-6-11-34(7-2)30-18(4)27(36)23-13-17(3)12-22(29(23)38-30)19(5)33-25-9-8-10-32-26(25)20-14-21(16-35)28(37)24(31)15-20/h8-10,12-16,19,33,37H,6-7,11H2,1-5H3. The van der Waals surface area contributed by atoms with Gasteiger partial charge in [-0.15, -0.1) is 0 Å². The quantitative estimate of drug-likeness (QED) is 0.222. The molecule has 7 nitrogen and oxygen atoms in total. The fourth-order valence-corrected chi connectivity index (χ4v) is 4.99. The van der Waals surface area contributed by atoms with Crippen molar-refractivity contribution < 1.29 is 14.3 Å². The highest BCUT2D eigenvalue weighted by molar-refractivity contribution is 6.32. The zero-order valence-electron chi connectivity index (χ0n) is 22.3. The number of aromatic hydroxyl groups is 1. The number of pyridine rings is 1. The summed E-state index contributed by atoms with van der Waals surface area (Å²) in [5, 5.41) is 14.2. The van der Waals surface area contributed by atoms with Gasteiger partial charge >= 0.3 is 0 Å². The third-order valence-electron chi connectivity index (χ3n) is 6.67. The van der Waals surface area contributed by atoms with E-state index in [2.05, 4.69) is 29.0 Å². The van der Waals surface area contributed by atoms with Gasteiger partial charge in [-0.25, -0.2) is 0 Å². The minimum Gasteiger partial charge on any atom is -0.506 e. The molecule has 198 valence electrons. The smallest absolute Gasteiger partial charge is 0.202 e. The number of aromatic nitrogens is 1. The first-order valence-corrected chi connectivity index (χ1v) is 13.1. The van der Waals surface area contributed by atoms with Crippen LogP contribution < -0.4 is 15.6 Å². The number of aryl methyl sites for hydroxylation is 1. The van der Waals surface area contributed by atoms with E-state index in [-0.39, 0.29) is 27.8 Å². The Balaban J connectivity index is 1.83. The minimum atomic E-state index is -0.265. The summed E-state index contributed by atoms with van der Waals surface area (Å²) in [7, 11) is 0. The molecular formula is C30H32ClN3O4. The van der Waals surface area contributed by atoms with Crippen molar-refractivity contribution in [1.29, 1.82) is 0 Å². The summed E-state index contributed by atoms with van der Waals surface area (Å²) in [5.41, 5.74) is 4.86. The fraction of sp³-hybridized carbons (Fsp3) is 0.300. The van der Waals surface area contributed by atoms with E-state index in [4.69, 9.17) is 16.0 Å². The molecular weight excluding hydrogens is 502 g/mol. The number of benzene rings is 2. The predicted molar refractivity (Wildman–Crippen MR) is 154 cm³/mol. The molecule has 2 heterocycles. The molecule has 2 aromatic heterocycles. The third kappa shape index (κ3) is 5.11. The van der Waals surface area contributed by atoms with Crippen LogP contribution in [0.4, 0.5) is 11.6 Å². The van der Waals surface area contributed by atoms with Crippen molar-refractivity contribution in [2.24, 2.45) is 0 Å². The van der Waals surface area contributed by atoms with Gasteiger partial charge in [0.15, 0.2) is 11.7 Å². The van der Waals surface area contributed by atoms with E-state index in [1.54, 1.807) is 24.4 Å². The van der Waals surface area contributed by atoms with Gasteiger partial charge in [0.05, 0.1) is 39.0 Å². The molecule has 2 N–H and O–H groups in total. The summed E-state index contributed by atoms with van der Waals surface area (Å²) in [4.78, 5) is 31.5. The van der Waals surface area contributed by atoms with Crippen LogP contribution in [0.5, 0.6) is 5.75 Å². The molecule has 0 spiro atoms. The lowest BCUT2D eigenvalue weighted by Gasteiger charge is -2.24. The van der Waals surface area contributed by atoms with Crippen LogP contribution in [0.3, 0.4) is 0 Å². The lowest BCUT2D eigenvalue weighted by molar-refractivity contribution is 0.112. The van der Waals surface area contributed by atoms with Gasteiger partial charge in [0.2, 0.25) is 5.88 Å². The van der Waals surface area contributed by atoms with Crippen molar-refractivity contribution in [3.8, 4) is 17.0 Å². The molecule has 8 heteroatoms.